The first-order valence-corrected chi connectivity index (χ1v) is 8.58. The number of aromatic nitrogens is 1. The normalized spacial score (nSPS) is 11.3. The Morgan fingerprint density at radius 3 is 2.67 bits per heavy atom. The third-order valence-corrected chi connectivity index (χ3v) is 4.29. The number of rotatable bonds is 4. The zero-order chi connectivity index (χ0) is 18.8. The molecule has 0 fully saturated rings. The number of phenolic OH excluding ortho intramolecular Hbond substituents is 1. The third-order valence-electron chi connectivity index (χ3n) is 4.05. The summed E-state index contributed by atoms with van der Waals surface area (Å²) >= 11 is 5.94. The van der Waals surface area contributed by atoms with Crippen LogP contribution in [0.3, 0.4) is 0 Å². The van der Waals surface area contributed by atoms with E-state index in [0.29, 0.717) is 22.1 Å². The van der Waals surface area contributed by atoms with Gasteiger partial charge in [0, 0.05) is 28.4 Å². The monoisotopic (exact) mass is 378 g/mol. The molecule has 134 valence electrons. The summed E-state index contributed by atoms with van der Waals surface area (Å²) in [7, 11) is 1.62. The van der Waals surface area contributed by atoms with E-state index in [-0.39, 0.29) is 5.75 Å². The molecule has 27 heavy (non-hydrogen) atoms. The molecule has 0 aliphatic rings. The van der Waals surface area contributed by atoms with E-state index in [1.165, 1.54) is 6.07 Å². The Labute approximate surface area is 160 Å². The van der Waals surface area contributed by atoms with Crippen molar-refractivity contribution in [2.75, 3.05) is 7.11 Å². The first-order chi connectivity index (χ1) is 13.1. The average Bonchev–Trinajstić information content (AvgIpc) is 3.12. The van der Waals surface area contributed by atoms with Crippen molar-refractivity contribution in [2.45, 2.75) is 0 Å². The molecule has 0 unspecified atom stereocenters. The van der Waals surface area contributed by atoms with E-state index in [0.717, 1.165) is 22.5 Å². The van der Waals surface area contributed by atoms with Crippen molar-refractivity contribution >= 4 is 34.6 Å². The first-order valence-electron chi connectivity index (χ1n) is 8.20. The molecular weight excluding hydrogens is 364 g/mol. The zero-order valence-electron chi connectivity index (χ0n) is 14.4. The summed E-state index contributed by atoms with van der Waals surface area (Å²) in [5, 5.41) is 10.4. The highest BCUT2D eigenvalue weighted by Gasteiger charge is 2.09. The van der Waals surface area contributed by atoms with Gasteiger partial charge in [-0.05, 0) is 54.6 Å². The van der Waals surface area contributed by atoms with Gasteiger partial charge in [0.1, 0.15) is 17.0 Å². The lowest BCUT2D eigenvalue weighted by Crippen LogP contribution is -1.82. The van der Waals surface area contributed by atoms with E-state index in [9.17, 15) is 5.11 Å². The molecule has 0 radical (unpaired) electrons. The third kappa shape index (κ3) is 3.64. The highest BCUT2D eigenvalue weighted by Crippen LogP contribution is 2.28. The maximum Gasteiger partial charge on any atom is 0.227 e. The number of halogens is 1. The van der Waals surface area contributed by atoms with Gasteiger partial charge in [-0.25, -0.2) is 4.98 Å². The minimum atomic E-state index is 0.127. The van der Waals surface area contributed by atoms with Crippen LogP contribution in [0.25, 0.3) is 22.6 Å². The van der Waals surface area contributed by atoms with Crippen LogP contribution in [0, 0.1) is 0 Å². The highest BCUT2D eigenvalue weighted by atomic mass is 35.5. The molecule has 0 saturated heterocycles. The molecule has 1 heterocycles. The van der Waals surface area contributed by atoms with Crippen molar-refractivity contribution in [1.82, 2.24) is 4.98 Å². The number of hydrogen-bond donors (Lipinski definition) is 1. The fraction of sp³-hybridized carbons (Fsp3) is 0.0476. The van der Waals surface area contributed by atoms with Crippen molar-refractivity contribution in [2.24, 2.45) is 4.99 Å². The standard InChI is InChI=1S/C21H15ClN2O3/c1-26-17-7-9-20-18(11-17)24-21(27-20)13-2-5-16(6-3-13)23-12-14-10-15(22)4-8-19(14)25/h2-12,25H,1H3. The molecule has 0 amide bonds. The molecule has 4 aromatic rings. The Morgan fingerprint density at radius 1 is 1.07 bits per heavy atom. The van der Waals surface area contributed by atoms with Crippen LogP contribution < -0.4 is 4.74 Å². The lowest BCUT2D eigenvalue weighted by Gasteiger charge is -2.00. The van der Waals surface area contributed by atoms with Crippen LogP contribution in [0.2, 0.25) is 5.02 Å². The smallest absolute Gasteiger partial charge is 0.227 e. The van der Waals surface area contributed by atoms with Crippen LogP contribution in [-0.4, -0.2) is 23.4 Å². The number of benzene rings is 3. The van der Waals surface area contributed by atoms with Crippen LogP contribution in [0.4, 0.5) is 5.69 Å². The molecule has 0 aliphatic heterocycles. The molecule has 3 aromatic carbocycles. The molecule has 0 aliphatic carbocycles. The molecule has 5 nitrogen and oxygen atoms in total. The summed E-state index contributed by atoms with van der Waals surface area (Å²) < 4.78 is 11.0. The zero-order valence-corrected chi connectivity index (χ0v) is 15.1. The SMILES string of the molecule is COc1ccc2oc(-c3ccc(N=Cc4cc(Cl)ccc4O)cc3)nc2c1. The second-order valence-corrected chi connectivity index (χ2v) is 6.30. The summed E-state index contributed by atoms with van der Waals surface area (Å²) in [6, 6.07) is 17.8. The summed E-state index contributed by atoms with van der Waals surface area (Å²) in [6.45, 7) is 0. The number of fused-ring (bicyclic) bond motifs is 1. The number of oxazole rings is 1. The quantitative estimate of drug-likeness (QED) is 0.468. The molecule has 4 rings (SSSR count). The first kappa shape index (κ1) is 17.1. The molecule has 1 N–H and O–H groups in total. The molecule has 0 saturated carbocycles. The van der Waals surface area contributed by atoms with Gasteiger partial charge in [0.2, 0.25) is 5.89 Å². The van der Waals surface area contributed by atoms with Gasteiger partial charge in [-0.1, -0.05) is 11.6 Å². The minimum Gasteiger partial charge on any atom is -0.507 e. The number of methoxy groups -OCH3 is 1. The fourth-order valence-electron chi connectivity index (χ4n) is 2.62. The van der Waals surface area contributed by atoms with Gasteiger partial charge in [0.05, 0.1) is 12.8 Å². The predicted octanol–water partition coefficient (Wildman–Crippen LogP) is 5.61. The van der Waals surface area contributed by atoms with Gasteiger partial charge in [-0.15, -0.1) is 0 Å². The van der Waals surface area contributed by atoms with Crippen molar-refractivity contribution in [3.63, 3.8) is 0 Å². The van der Waals surface area contributed by atoms with Crippen LogP contribution in [0.15, 0.2) is 70.1 Å². The van der Waals surface area contributed by atoms with E-state index in [1.807, 2.05) is 42.5 Å². The van der Waals surface area contributed by atoms with Gasteiger partial charge in [-0.3, -0.25) is 4.99 Å². The van der Waals surface area contributed by atoms with E-state index in [1.54, 1.807) is 25.5 Å². The Kier molecular flexibility index (Phi) is 4.52. The van der Waals surface area contributed by atoms with Crippen molar-refractivity contribution in [1.29, 1.82) is 0 Å². The largest absolute Gasteiger partial charge is 0.507 e. The van der Waals surface area contributed by atoms with Crippen molar-refractivity contribution < 1.29 is 14.3 Å². The average molecular weight is 379 g/mol. The van der Waals surface area contributed by atoms with Gasteiger partial charge in [0.15, 0.2) is 5.58 Å². The Hall–Kier alpha value is -3.31. The molecule has 0 spiro atoms. The fourth-order valence-corrected chi connectivity index (χ4v) is 2.80. The predicted molar refractivity (Wildman–Crippen MR) is 106 cm³/mol. The maximum absolute atomic E-state index is 9.83. The number of nitrogens with zero attached hydrogens (tertiary/aromatic N) is 2. The lowest BCUT2D eigenvalue weighted by molar-refractivity contribution is 0.415. The highest BCUT2D eigenvalue weighted by molar-refractivity contribution is 6.30. The van der Waals surface area contributed by atoms with E-state index < -0.39 is 0 Å². The van der Waals surface area contributed by atoms with Gasteiger partial charge >= 0.3 is 0 Å². The summed E-state index contributed by atoms with van der Waals surface area (Å²) in [5.74, 6) is 1.39. The number of aliphatic imine (C=N–C) groups is 1. The van der Waals surface area contributed by atoms with Gasteiger partial charge in [-0.2, -0.15) is 0 Å². The number of aromatic hydroxyl groups is 1. The maximum atomic E-state index is 9.83. The van der Waals surface area contributed by atoms with Crippen LogP contribution in [0.5, 0.6) is 11.5 Å². The van der Waals surface area contributed by atoms with Crippen molar-refractivity contribution in [3.8, 4) is 23.0 Å². The van der Waals surface area contributed by atoms with Crippen LogP contribution >= 0.6 is 11.6 Å². The molecule has 1 aromatic heterocycles. The number of phenols is 1. The van der Waals surface area contributed by atoms with Gasteiger partial charge < -0.3 is 14.3 Å². The van der Waals surface area contributed by atoms with Crippen molar-refractivity contribution in [3.05, 3.63) is 71.2 Å². The summed E-state index contributed by atoms with van der Waals surface area (Å²) in [6.07, 6.45) is 1.57. The Bertz CT molecular complexity index is 1130. The van der Waals surface area contributed by atoms with E-state index >= 15 is 0 Å². The second-order valence-electron chi connectivity index (χ2n) is 5.86. The topological polar surface area (TPSA) is 67.9 Å². The molecular formula is C21H15ClN2O3. The number of ether oxygens (including phenoxy) is 1. The Balaban J connectivity index is 1.58. The summed E-state index contributed by atoms with van der Waals surface area (Å²) in [5.41, 5.74) is 3.57. The summed E-state index contributed by atoms with van der Waals surface area (Å²) in [4.78, 5) is 8.87. The molecule has 6 heteroatoms. The minimum absolute atomic E-state index is 0.127. The van der Waals surface area contributed by atoms with Gasteiger partial charge in [0.25, 0.3) is 0 Å². The van der Waals surface area contributed by atoms with Crippen LogP contribution in [-0.2, 0) is 0 Å². The molecule has 0 atom stereocenters. The van der Waals surface area contributed by atoms with E-state index in [2.05, 4.69) is 9.98 Å². The molecule has 0 bridgehead atoms. The Morgan fingerprint density at radius 2 is 1.89 bits per heavy atom. The lowest BCUT2D eigenvalue weighted by atomic mass is 10.2. The second kappa shape index (κ2) is 7.13. The number of hydrogen-bond acceptors (Lipinski definition) is 5. The van der Waals surface area contributed by atoms with Crippen LogP contribution in [0.1, 0.15) is 5.56 Å². The van der Waals surface area contributed by atoms with E-state index in [4.69, 9.17) is 20.8 Å².